The quantitative estimate of drug-likeness (QED) is 0.125. The fourth-order valence-electron chi connectivity index (χ4n) is 30.7. The van der Waals surface area contributed by atoms with Crippen LogP contribution in [-0.4, -0.2) is 27.4 Å². The second-order valence-corrected chi connectivity index (χ2v) is 40.5. The number of nitrogens with zero attached hydrogens (tertiary/aromatic N) is 12. The van der Waals surface area contributed by atoms with Gasteiger partial charge in [-0.2, -0.15) is 145 Å². The molecule has 666 valence electrons. The predicted octanol–water partition coefficient (Wildman–Crippen LogP) is 24.6. The Morgan fingerprint density at radius 2 is 0.631 bits per heavy atom. The molecule has 6 aliphatic carbocycles. The average Bonchev–Trinajstić information content (AvgIpc) is 1.54. The Labute approximate surface area is 888 Å². The molecule has 12 aliphatic rings. The van der Waals surface area contributed by atoms with Crippen LogP contribution in [0.25, 0.3) is 200 Å². The number of pyridine rings is 6. The van der Waals surface area contributed by atoms with Crippen LogP contribution >= 0.6 is 0 Å². The molecule has 141 heavy (non-hydrogen) atoms. The molecule has 0 radical (unpaired) electrons. The van der Waals surface area contributed by atoms with Crippen molar-refractivity contribution in [3.63, 3.8) is 0 Å². The molecule has 24 aromatic rings. The van der Waals surface area contributed by atoms with Crippen molar-refractivity contribution >= 4 is 132 Å². The molecule has 15 heteroatoms. The van der Waals surface area contributed by atoms with Crippen molar-refractivity contribution in [2.75, 3.05) is 0 Å². The van der Waals surface area contributed by atoms with E-state index in [2.05, 4.69) is 401 Å². The van der Waals surface area contributed by atoms with Crippen LogP contribution in [-0.2, 0) is 36.3 Å². The summed E-state index contributed by atoms with van der Waals surface area (Å²) >= 11 is 0. The van der Waals surface area contributed by atoms with Crippen LogP contribution in [0, 0.1) is 165 Å². The van der Waals surface area contributed by atoms with Crippen molar-refractivity contribution in [2.24, 2.45) is 35.5 Å². The van der Waals surface area contributed by atoms with E-state index in [9.17, 15) is 0 Å². The molecule has 9 atom stereocenters. The van der Waals surface area contributed by atoms with Crippen LogP contribution in [0.4, 0.5) is 0 Å². The summed E-state index contributed by atoms with van der Waals surface area (Å²) in [6.07, 6.45) is 21.8. The molecule has 0 saturated heterocycles. The van der Waals surface area contributed by atoms with E-state index in [-0.39, 0.29) is 127 Å². The summed E-state index contributed by atoms with van der Waals surface area (Å²) in [5, 5.41) is 15.7. The molecule has 0 N–H and O–H groups in total. The minimum atomic E-state index is -0.397. The van der Waals surface area contributed by atoms with Crippen molar-refractivity contribution in [1.29, 1.82) is 0 Å². The smallest absolute Gasteiger partial charge is 0.275 e. The second kappa shape index (κ2) is 30.8. The minimum absolute atomic E-state index is 0. The molecule has 6 aliphatic heterocycles. The molecule has 12 nitrogen and oxygen atoms in total. The molecule has 12 aromatic heterocycles. The van der Waals surface area contributed by atoms with Crippen LogP contribution in [0.5, 0.6) is 0 Å². The first-order chi connectivity index (χ1) is 67.0. The summed E-state index contributed by atoms with van der Waals surface area (Å²) in [4.78, 5) is 0. The normalized spacial score (nSPS) is 21.0. The Bertz CT molecular complexity index is 9270. The maximum atomic E-state index is 4.06. The summed E-state index contributed by atoms with van der Waals surface area (Å²) in [6, 6.07) is 137. The van der Waals surface area contributed by atoms with Gasteiger partial charge < -0.3 is 0 Å². The maximum absolute atomic E-state index is 4.06. The largest absolute Gasteiger partial charge is 2.00 e. The van der Waals surface area contributed by atoms with E-state index in [1.165, 1.54) is 257 Å². The van der Waals surface area contributed by atoms with Crippen LogP contribution in [0.15, 0.2) is 328 Å². The first-order valence-corrected chi connectivity index (χ1v) is 49.0. The predicted molar refractivity (Wildman–Crippen MR) is 547 cm³/mol. The van der Waals surface area contributed by atoms with Crippen molar-refractivity contribution in [3.05, 3.63) is 398 Å². The monoisotopic (exact) mass is 2490 g/mol. The molecule has 0 bridgehead atoms. The molecule has 12 aromatic carbocycles. The number of hydrogen-bond acceptors (Lipinski definition) is 0. The second-order valence-electron chi connectivity index (χ2n) is 40.5. The molecule has 3 saturated carbocycles. The molecular formula is C126H96N12U3+6. The third kappa shape index (κ3) is 10.3. The van der Waals surface area contributed by atoms with Gasteiger partial charge in [0.05, 0.1) is 50.9 Å². The van der Waals surface area contributed by atoms with Crippen LogP contribution in [0.2, 0.25) is 0 Å². The molecule has 3 fully saturated rings. The molecule has 3 spiro atoms. The van der Waals surface area contributed by atoms with Gasteiger partial charge in [-0.05, 0) is 188 Å². The number of para-hydroxylation sites is 6. The Morgan fingerprint density at radius 1 is 0.277 bits per heavy atom. The van der Waals surface area contributed by atoms with E-state index in [0.29, 0.717) is 35.5 Å². The van der Waals surface area contributed by atoms with Gasteiger partial charge in [-0.3, -0.25) is 4.57 Å². The molecular weight excluding hydrogens is 2400 g/mol. The SMILES string of the molecule is C.C.C.[U+2].[U+2].[U+2].[c-]1ccccc1-c1[c-]c2c3c(c1)-n1c4ccccc4c4ccc5[n+](c41)C3(C1CCCC1C2)[n+]1cccc2c3ccccc3n-5c21.[c-]1ccccc1-c1[c-]c2c3c(c1)CC1CCCC1C31[n+]3cccc4c5ccccc5n(c43)-c3ccc4c5ccccc5n-2c4[n+]31.[c-]1ccccc1-c1[c-]cc2c3c1-n1c4ccccc4c4ccc5[n+](c41)C3(C1CCCC1C2)[n+]1cccc2c3ccccc3n-5c21. The van der Waals surface area contributed by atoms with Gasteiger partial charge >= 0.3 is 99.0 Å². The van der Waals surface area contributed by atoms with Crippen LogP contribution < -0.4 is 27.4 Å². The average molecular weight is 2490 g/mol. The molecule has 9 unspecified atom stereocenters. The Hall–Kier alpha value is -12.5. The third-order valence-corrected chi connectivity index (χ3v) is 35.0. The fraction of sp³-hybridized carbons (Fsp3) is 0.190. The summed E-state index contributed by atoms with van der Waals surface area (Å²) < 4.78 is 31.8. The van der Waals surface area contributed by atoms with E-state index in [0.717, 1.165) is 52.6 Å². The van der Waals surface area contributed by atoms with E-state index >= 15 is 0 Å². The van der Waals surface area contributed by atoms with Crippen LogP contribution in [0.3, 0.4) is 0 Å². The zero-order valence-corrected chi connectivity index (χ0v) is 88.0. The van der Waals surface area contributed by atoms with Gasteiger partial charge in [0.15, 0.2) is 0 Å². The summed E-state index contributed by atoms with van der Waals surface area (Å²) in [6.45, 7) is 0. The first kappa shape index (κ1) is 86.4. The van der Waals surface area contributed by atoms with Gasteiger partial charge in [0, 0.05) is 79.6 Å². The molecule has 36 rings (SSSR count). The Balaban J connectivity index is 0.000000101. The summed E-state index contributed by atoms with van der Waals surface area (Å²) in [5.41, 5.74) is 33.3. The van der Waals surface area contributed by atoms with Crippen molar-refractivity contribution in [3.8, 4) is 67.9 Å². The van der Waals surface area contributed by atoms with E-state index in [1.54, 1.807) is 0 Å². The van der Waals surface area contributed by atoms with Crippen molar-refractivity contribution < 1.29 is 121 Å². The number of hydrogen-bond donors (Lipinski definition) is 0. The van der Waals surface area contributed by atoms with Crippen molar-refractivity contribution in [1.82, 2.24) is 27.4 Å². The minimum Gasteiger partial charge on any atom is -0.275 e. The van der Waals surface area contributed by atoms with Gasteiger partial charge in [0.1, 0.15) is 33.1 Å². The summed E-state index contributed by atoms with van der Waals surface area (Å²) in [5.74, 6) is 7.05. The van der Waals surface area contributed by atoms with E-state index in [1.807, 2.05) is 18.2 Å². The third-order valence-electron chi connectivity index (χ3n) is 35.0. The Morgan fingerprint density at radius 3 is 1.08 bits per heavy atom. The number of fused-ring (bicyclic) bond motifs is 27. The van der Waals surface area contributed by atoms with Gasteiger partial charge in [-0.25, -0.2) is 41.5 Å². The Kier molecular flexibility index (Phi) is 18.9. The number of aromatic nitrogens is 12. The van der Waals surface area contributed by atoms with Gasteiger partial charge in [0.25, 0.3) is 28.6 Å². The zero-order valence-electron chi connectivity index (χ0n) is 75.5. The molecule has 18 heterocycles. The van der Waals surface area contributed by atoms with Gasteiger partial charge in [-0.15, -0.1) is 41.0 Å². The van der Waals surface area contributed by atoms with Gasteiger partial charge in [0.2, 0.25) is 34.1 Å². The maximum Gasteiger partial charge on any atom is 2.00 e. The zero-order chi connectivity index (χ0) is 87.1. The fourth-order valence-corrected chi connectivity index (χ4v) is 30.7. The topological polar surface area (TPSA) is 52.9 Å². The number of benzene rings is 12. The first-order valence-electron chi connectivity index (χ1n) is 49.0. The standard InChI is InChI=1S/3C41H28N4.3CH4.3U/c2*1-2-10-25(11-3-1)27-23-28-22-26-12-8-16-33(26)41-38(28)36(24-27)43-34-17-6-4-14-30(34)32-19-20-37(45(41)40(32)43)44-35-18-7-5-13-29(35)31-15-9-21-42(41)39(31)44;1-2-10-25(11-3-1)28-20-19-27-24-26-12-8-16-33(26)41-37(27)38(28)44-35-18-7-5-14-30(35)32-21-22-36(45(41)40(32)44)43-34-17-6-4-13-29(34)31-15-9-23-42(41)39(31)43;;;;;;/h1-7,9-10,13-15,17-21,24,26,33H,8,12,16,22H2;1-7,9-10,13-15,17-21,23,26,33H,8,12,16,22H2;1-7,9-10,13-15,17-19,21-23,26,33H,8,12,16,24H2;3*1H4;;;/q;;;;;;3*+2. The van der Waals surface area contributed by atoms with E-state index < -0.39 is 5.66 Å². The van der Waals surface area contributed by atoms with Gasteiger partial charge in [-0.1, -0.05) is 151 Å². The molecule has 0 amide bonds. The number of rotatable bonds is 3. The summed E-state index contributed by atoms with van der Waals surface area (Å²) in [7, 11) is 0. The van der Waals surface area contributed by atoms with Crippen molar-refractivity contribution in [2.45, 2.75) is 116 Å². The van der Waals surface area contributed by atoms with E-state index in [4.69, 9.17) is 0 Å². The van der Waals surface area contributed by atoms with Crippen LogP contribution in [0.1, 0.15) is 113 Å².